The summed E-state index contributed by atoms with van der Waals surface area (Å²) in [6.07, 6.45) is 0. The number of H-pyrrole nitrogens is 1. The first-order valence-corrected chi connectivity index (χ1v) is 8.65. The van der Waals surface area contributed by atoms with Gasteiger partial charge in [0.2, 0.25) is 11.8 Å². The number of halogens is 3. The van der Waals surface area contributed by atoms with Crippen LogP contribution in [0, 0.1) is 23.0 Å². The van der Waals surface area contributed by atoms with Crippen molar-refractivity contribution >= 4 is 15.9 Å². The second kappa shape index (κ2) is 6.52. The van der Waals surface area contributed by atoms with Crippen LogP contribution in [0.1, 0.15) is 17.0 Å². The monoisotopic (exact) mass is 428 g/mol. The molecule has 134 valence electrons. The Balaban J connectivity index is 1.95. The van der Waals surface area contributed by atoms with Crippen LogP contribution in [0.25, 0.3) is 11.3 Å². The highest BCUT2D eigenvalue weighted by atomic mass is 79.9. The Morgan fingerprint density at radius 1 is 1.19 bits per heavy atom. The summed E-state index contributed by atoms with van der Waals surface area (Å²) < 4.78 is 32.8. The molecule has 1 aliphatic heterocycles. The quantitative estimate of drug-likeness (QED) is 0.635. The molecule has 8 heteroatoms. The van der Waals surface area contributed by atoms with E-state index in [1.54, 1.807) is 24.3 Å². The van der Waals surface area contributed by atoms with Crippen LogP contribution < -0.4 is 10.5 Å². The SMILES string of the molecule is N#CC1=C(N)Oc2n[nH]c(-c3ccc(F)cc3)c2[C@@H]1c1ccc(F)c(Br)c1. The number of nitrogens with two attached hydrogens (primary N) is 1. The average Bonchev–Trinajstić information content (AvgIpc) is 3.07. The molecule has 0 saturated heterocycles. The summed E-state index contributed by atoms with van der Waals surface area (Å²) in [4.78, 5) is 0. The highest BCUT2D eigenvalue weighted by Gasteiger charge is 2.35. The topological polar surface area (TPSA) is 87.7 Å². The van der Waals surface area contributed by atoms with E-state index in [0.29, 0.717) is 22.4 Å². The highest BCUT2D eigenvalue weighted by Crippen LogP contribution is 2.46. The number of benzene rings is 2. The minimum absolute atomic E-state index is 0.0624. The first-order valence-electron chi connectivity index (χ1n) is 7.86. The molecular formula is C19H11BrF2N4O. The molecule has 0 aliphatic carbocycles. The van der Waals surface area contributed by atoms with Crippen molar-refractivity contribution < 1.29 is 13.5 Å². The number of hydrogen-bond acceptors (Lipinski definition) is 4. The van der Waals surface area contributed by atoms with Crippen molar-refractivity contribution in [1.82, 2.24) is 10.2 Å². The first kappa shape index (κ1) is 17.2. The normalized spacial score (nSPS) is 15.9. The molecule has 5 nitrogen and oxygen atoms in total. The molecule has 1 aromatic heterocycles. The van der Waals surface area contributed by atoms with Crippen LogP contribution in [0.2, 0.25) is 0 Å². The summed E-state index contributed by atoms with van der Waals surface area (Å²) >= 11 is 3.17. The molecule has 0 amide bonds. The van der Waals surface area contributed by atoms with Gasteiger partial charge < -0.3 is 10.5 Å². The van der Waals surface area contributed by atoms with Gasteiger partial charge in [-0.25, -0.2) is 8.78 Å². The van der Waals surface area contributed by atoms with Crippen molar-refractivity contribution in [2.75, 3.05) is 0 Å². The van der Waals surface area contributed by atoms with Gasteiger partial charge in [-0.3, -0.25) is 5.10 Å². The molecule has 1 atom stereocenters. The molecule has 3 N–H and O–H groups in total. The Hall–Kier alpha value is -3.18. The zero-order valence-electron chi connectivity index (χ0n) is 13.6. The van der Waals surface area contributed by atoms with Gasteiger partial charge in [-0.1, -0.05) is 6.07 Å². The van der Waals surface area contributed by atoms with Gasteiger partial charge in [0.05, 0.1) is 21.6 Å². The van der Waals surface area contributed by atoms with E-state index in [9.17, 15) is 14.0 Å². The van der Waals surface area contributed by atoms with Gasteiger partial charge in [-0.2, -0.15) is 5.26 Å². The van der Waals surface area contributed by atoms with Crippen LogP contribution >= 0.6 is 15.9 Å². The second-order valence-electron chi connectivity index (χ2n) is 5.92. The van der Waals surface area contributed by atoms with E-state index in [0.717, 1.165) is 0 Å². The number of allylic oxidation sites excluding steroid dienone is 1. The van der Waals surface area contributed by atoms with Gasteiger partial charge in [0, 0.05) is 5.56 Å². The zero-order chi connectivity index (χ0) is 19.1. The van der Waals surface area contributed by atoms with Crippen LogP contribution in [0.3, 0.4) is 0 Å². The molecule has 1 aliphatic rings. The fraction of sp³-hybridized carbons (Fsp3) is 0.0526. The fourth-order valence-corrected chi connectivity index (χ4v) is 3.50. The predicted octanol–water partition coefficient (Wildman–Crippen LogP) is 4.34. The first-order chi connectivity index (χ1) is 13.0. The molecule has 0 spiro atoms. The number of nitrogens with zero attached hydrogens (tertiary/aromatic N) is 2. The molecule has 2 heterocycles. The smallest absolute Gasteiger partial charge is 0.244 e. The van der Waals surface area contributed by atoms with E-state index in [1.807, 2.05) is 0 Å². The van der Waals surface area contributed by atoms with Crippen molar-refractivity contribution in [1.29, 1.82) is 5.26 Å². The maximum Gasteiger partial charge on any atom is 0.244 e. The Bertz CT molecular complexity index is 1120. The lowest BCUT2D eigenvalue weighted by Gasteiger charge is -2.24. The van der Waals surface area contributed by atoms with Gasteiger partial charge in [0.15, 0.2) is 0 Å². The number of nitriles is 1. The number of ether oxygens (including phenoxy) is 1. The fourth-order valence-electron chi connectivity index (χ4n) is 3.11. The van der Waals surface area contributed by atoms with E-state index in [1.165, 1.54) is 18.2 Å². The number of aromatic nitrogens is 2. The van der Waals surface area contributed by atoms with Gasteiger partial charge in [0.25, 0.3) is 0 Å². The van der Waals surface area contributed by atoms with Crippen LogP contribution in [-0.2, 0) is 0 Å². The van der Waals surface area contributed by atoms with Gasteiger partial charge in [-0.15, -0.1) is 5.10 Å². The lowest BCUT2D eigenvalue weighted by atomic mass is 9.83. The lowest BCUT2D eigenvalue weighted by molar-refractivity contribution is 0.379. The highest BCUT2D eigenvalue weighted by molar-refractivity contribution is 9.10. The third kappa shape index (κ3) is 2.86. The standard InChI is InChI=1S/C19H11BrF2N4O/c20-13-7-10(3-6-14(13)22)15-12(8-23)18(24)27-19-16(15)17(25-26-19)9-1-4-11(21)5-2-9/h1-7,15H,24H2,(H,25,26)/t15-/m1/s1. The summed E-state index contributed by atoms with van der Waals surface area (Å²) in [5, 5.41) is 16.7. The van der Waals surface area contributed by atoms with E-state index in [-0.39, 0.29) is 27.6 Å². The summed E-state index contributed by atoms with van der Waals surface area (Å²) in [6, 6.07) is 12.4. The number of hydrogen-bond donors (Lipinski definition) is 2. The van der Waals surface area contributed by atoms with E-state index < -0.39 is 11.7 Å². The third-order valence-corrected chi connectivity index (χ3v) is 4.96. The van der Waals surface area contributed by atoms with Gasteiger partial charge in [0.1, 0.15) is 23.3 Å². The van der Waals surface area contributed by atoms with Crippen molar-refractivity contribution in [3.05, 3.63) is 81.2 Å². The maximum atomic E-state index is 13.7. The maximum absolute atomic E-state index is 13.7. The molecule has 0 saturated carbocycles. The molecular weight excluding hydrogens is 418 g/mol. The zero-order valence-corrected chi connectivity index (χ0v) is 15.2. The average molecular weight is 429 g/mol. The van der Waals surface area contributed by atoms with Crippen molar-refractivity contribution in [3.8, 4) is 23.2 Å². The van der Waals surface area contributed by atoms with Crippen LogP contribution in [-0.4, -0.2) is 10.2 Å². The molecule has 0 unspecified atom stereocenters. The summed E-state index contributed by atoms with van der Waals surface area (Å²) in [7, 11) is 0. The van der Waals surface area contributed by atoms with E-state index in [4.69, 9.17) is 10.5 Å². The Morgan fingerprint density at radius 3 is 2.59 bits per heavy atom. The number of aromatic amines is 1. The number of rotatable bonds is 2. The molecule has 27 heavy (non-hydrogen) atoms. The van der Waals surface area contributed by atoms with Gasteiger partial charge in [-0.05, 0) is 57.9 Å². The predicted molar refractivity (Wildman–Crippen MR) is 97.4 cm³/mol. The van der Waals surface area contributed by atoms with Crippen molar-refractivity contribution in [3.63, 3.8) is 0 Å². The molecule has 4 rings (SSSR count). The Kier molecular flexibility index (Phi) is 4.16. The minimum atomic E-state index is -0.616. The molecule has 0 bridgehead atoms. The van der Waals surface area contributed by atoms with E-state index >= 15 is 0 Å². The second-order valence-corrected chi connectivity index (χ2v) is 6.78. The van der Waals surface area contributed by atoms with Crippen molar-refractivity contribution in [2.45, 2.75) is 5.92 Å². The minimum Gasteiger partial charge on any atom is -0.420 e. The summed E-state index contributed by atoms with van der Waals surface area (Å²) in [5.41, 5.74) is 8.54. The summed E-state index contributed by atoms with van der Waals surface area (Å²) in [5.74, 6) is -1.25. The molecule has 0 fully saturated rings. The number of fused-ring (bicyclic) bond motifs is 1. The van der Waals surface area contributed by atoms with Gasteiger partial charge >= 0.3 is 0 Å². The third-order valence-electron chi connectivity index (χ3n) is 4.35. The number of nitrogens with one attached hydrogen (secondary N) is 1. The Morgan fingerprint density at radius 2 is 1.93 bits per heavy atom. The largest absolute Gasteiger partial charge is 0.420 e. The Labute approximate surface area is 161 Å². The van der Waals surface area contributed by atoms with Crippen LogP contribution in [0.4, 0.5) is 8.78 Å². The lowest BCUT2D eigenvalue weighted by Crippen LogP contribution is -2.21. The van der Waals surface area contributed by atoms with Crippen molar-refractivity contribution in [2.24, 2.45) is 5.73 Å². The molecule has 2 aromatic carbocycles. The molecule has 3 aromatic rings. The molecule has 0 radical (unpaired) electrons. The van der Waals surface area contributed by atoms with Crippen LogP contribution in [0.15, 0.2) is 58.4 Å². The van der Waals surface area contributed by atoms with Crippen LogP contribution in [0.5, 0.6) is 5.88 Å². The van der Waals surface area contributed by atoms with E-state index in [2.05, 4.69) is 32.2 Å². The summed E-state index contributed by atoms with van der Waals surface area (Å²) in [6.45, 7) is 0.